The zero-order valence-corrected chi connectivity index (χ0v) is 24.0. The summed E-state index contributed by atoms with van der Waals surface area (Å²) in [6.07, 6.45) is 6.57. The van der Waals surface area contributed by atoms with Gasteiger partial charge in [-0.05, 0) is 77.6 Å². The minimum atomic E-state index is -1.19. The normalized spacial score (nSPS) is 18.0. The molecule has 1 unspecified atom stereocenters. The molecular formula is C32H41N5O3. The van der Waals surface area contributed by atoms with E-state index in [4.69, 9.17) is 10.7 Å². The highest BCUT2D eigenvalue weighted by Gasteiger charge is 2.42. The maximum Gasteiger partial charge on any atom is 0.405 e. The topological polar surface area (TPSA) is 124 Å². The number of imidazole rings is 1. The van der Waals surface area contributed by atoms with Crippen LogP contribution in [0.25, 0.3) is 22.4 Å². The van der Waals surface area contributed by atoms with Crippen molar-refractivity contribution in [2.75, 3.05) is 12.3 Å². The van der Waals surface area contributed by atoms with E-state index in [0.29, 0.717) is 6.54 Å². The molecule has 1 aliphatic carbocycles. The van der Waals surface area contributed by atoms with E-state index < -0.39 is 12.1 Å². The highest BCUT2D eigenvalue weighted by molar-refractivity contribution is 5.86. The monoisotopic (exact) mass is 543 g/mol. The summed E-state index contributed by atoms with van der Waals surface area (Å²) < 4.78 is 0. The molecule has 2 heterocycles. The standard InChI is InChI=1S/C32H41N5O3/c1-5-13-32(14-6-2)24-16-20(9-11-22(24)23-12-10-21(33)17-25(23)32)26-18-34-29(35-26)27-8-7-15-37(27)30(38)28(19(3)4)36-31(39)40/h9-12,16-19,27-28,36H,5-8,13-15,33H2,1-4H3,(H,34,35)(H,39,40)/t27-,28?/m0/s1. The van der Waals surface area contributed by atoms with Crippen molar-refractivity contribution in [1.29, 1.82) is 0 Å². The van der Waals surface area contributed by atoms with Crippen molar-refractivity contribution in [1.82, 2.24) is 20.2 Å². The maximum absolute atomic E-state index is 13.4. The van der Waals surface area contributed by atoms with Crippen LogP contribution in [0.3, 0.4) is 0 Å². The van der Waals surface area contributed by atoms with Gasteiger partial charge in [0.05, 0.1) is 17.9 Å². The minimum Gasteiger partial charge on any atom is -0.465 e. The highest BCUT2D eigenvalue weighted by Crippen LogP contribution is 2.55. The third-order valence-electron chi connectivity index (χ3n) is 8.71. The first-order valence-electron chi connectivity index (χ1n) is 14.6. The Morgan fingerprint density at radius 2 is 1.80 bits per heavy atom. The summed E-state index contributed by atoms with van der Waals surface area (Å²) in [6.45, 7) is 8.78. The smallest absolute Gasteiger partial charge is 0.405 e. The van der Waals surface area contributed by atoms with E-state index in [9.17, 15) is 14.7 Å². The van der Waals surface area contributed by atoms with E-state index >= 15 is 0 Å². The number of hydrogen-bond acceptors (Lipinski definition) is 4. The highest BCUT2D eigenvalue weighted by atomic mass is 16.4. The molecule has 8 nitrogen and oxygen atoms in total. The van der Waals surface area contributed by atoms with Gasteiger partial charge in [0.2, 0.25) is 5.91 Å². The molecule has 2 amide bonds. The maximum atomic E-state index is 13.4. The van der Waals surface area contributed by atoms with Crippen LogP contribution >= 0.6 is 0 Å². The van der Waals surface area contributed by atoms with E-state index in [1.165, 1.54) is 22.3 Å². The summed E-state index contributed by atoms with van der Waals surface area (Å²) in [7, 11) is 0. The van der Waals surface area contributed by atoms with Crippen LogP contribution in [0, 0.1) is 5.92 Å². The predicted molar refractivity (Wildman–Crippen MR) is 158 cm³/mol. The van der Waals surface area contributed by atoms with Crippen molar-refractivity contribution in [2.24, 2.45) is 5.92 Å². The number of nitrogen functional groups attached to an aromatic ring is 1. The van der Waals surface area contributed by atoms with Crippen LogP contribution in [-0.4, -0.2) is 44.6 Å². The number of benzene rings is 2. The Labute approximate surface area is 236 Å². The lowest BCUT2D eigenvalue weighted by atomic mass is 9.71. The molecule has 2 atom stereocenters. The molecule has 5 rings (SSSR count). The number of likely N-dealkylation sites (tertiary alicyclic amines) is 1. The Hall–Kier alpha value is -3.81. The first-order chi connectivity index (χ1) is 19.2. The molecule has 212 valence electrons. The molecule has 0 saturated carbocycles. The number of carbonyl (C=O) groups excluding carboxylic acids is 1. The fourth-order valence-electron chi connectivity index (χ4n) is 6.99. The Morgan fingerprint density at radius 3 is 2.45 bits per heavy atom. The van der Waals surface area contributed by atoms with E-state index in [1.807, 2.05) is 26.1 Å². The fraction of sp³-hybridized carbons (Fsp3) is 0.469. The number of carboxylic acid groups (broad SMARTS) is 1. The van der Waals surface area contributed by atoms with Gasteiger partial charge in [0.25, 0.3) is 0 Å². The van der Waals surface area contributed by atoms with Gasteiger partial charge in [-0.3, -0.25) is 4.79 Å². The molecule has 0 spiro atoms. The van der Waals surface area contributed by atoms with Crippen LogP contribution in [0.5, 0.6) is 0 Å². The fourth-order valence-corrected chi connectivity index (χ4v) is 6.99. The number of aromatic nitrogens is 2. The van der Waals surface area contributed by atoms with Crippen molar-refractivity contribution in [3.63, 3.8) is 0 Å². The molecule has 8 heteroatoms. The van der Waals surface area contributed by atoms with Gasteiger partial charge in [-0.2, -0.15) is 0 Å². The number of carbonyl (C=O) groups is 2. The molecule has 40 heavy (non-hydrogen) atoms. The zero-order valence-electron chi connectivity index (χ0n) is 24.0. The number of nitrogens with one attached hydrogen (secondary N) is 2. The van der Waals surface area contributed by atoms with Crippen molar-refractivity contribution in [3.8, 4) is 22.4 Å². The lowest BCUT2D eigenvalue weighted by Crippen LogP contribution is -2.50. The second-order valence-corrected chi connectivity index (χ2v) is 11.7. The van der Waals surface area contributed by atoms with Gasteiger partial charge < -0.3 is 26.0 Å². The van der Waals surface area contributed by atoms with Crippen molar-refractivity contribution >= 4 is 17.7 Å². The Balaban J connectivity index is 1.48. The molecule has 0 radical (unpaired) electrons. The summed E-state index contributed by atoms with van der Waals surface area (Å²) in [5.41, 5.74) is 14.2. The number of aromatic amines is 1. The van der Waals surface area contributed by atoms with Crippen LogP contribution < -0.4 is 11.1 Å². The molecule has 1 fully saturated rings. The number of hydrogen-bond donors (Lipinski definition) is 4. The second-order valence-electron chi connectivity index (χ2n) is 11.7. The van der Waals surface area contributed by atoms with E-state index in [-0.39, 0.29) is 23.3 Å². The summed E-state index contributed by atoms with van der Waals surface area (Å²) >= 11 is 0. The number of H-pyrrole nitrogens is 1. The van der Waals surface area contributed by atoms with E-state index in [0.717, 1.165) is 61.3 Å². The number of fused-ring (bicyclic) bond motifs is 3. The number of amides is 2. The molecular weight excluding hydrogens is 502 g/mol. The van der Waals surface area contributed by atoms with Crippen LogP contribution in [0.2, 0.25) is 0 Å². The van der Waals surface area contributed by atoms with Crippen LogP contribution in [0.1, 0.15) is 89.2 Å². The summed E-state index contributed by atoms with van der Waals surface area (Å²) in [4.78, 5) is 34.7. The molecule has 0 bridgehead atoms. The van der Waals surface area contributed by atoms with E-state index in [2.05, 4.69) is 54.5 Å². The van der Waals surface area contributed by atoms with Gasteiger partial charge in [-0.1, -0.05) is 58.7 Å². The van der Waals surface area contributed by atoms with Crippen molar-refractivity contribution < 1.29 is 14.7 Å². The van der Waals surface area contributed by atoms with Gasteiger partial charge in [-0.15, -0.1) is 0 Å². The van der Waals surface area contributed by atoms with E-state index in [1.54, 1.807) is 4.90 Å². The van der Waals surface area contributed by atoms with Gasteiger partial charge in [0.15, 0.2) is 0 Å². The average molecular weight is 544 g/mol. The second kappa shape index (κ2) is 11.0. The lowest BCUT2D eigenvalue weighted by Gasteiger charge is -2.32. The molecule has 1 aliphatic heterocycles. The molecule has 2 aromatic carbocycles. The zero-order chi connectivity index (χ0) is 28.6. The largest absolute Gasteiger partial charge is 0.465 e. The molecule has 2 aliphatic rings. The molecule has 3 aromatic rings. The number of anilines is 1. The lowest BCUT2D eigenvalue weighted by molar-refractivity contribution is -0.135. The van der Waals surface area contributed by atoms with Crippen molar-refractivity contribution in [3.05, 3.63) is 59.5 Å². The quantitative estimate of drug-likeness (QED) is 0.230. The van der Waals surface area contributed by atoms with Crippen LogP contribution in [-0.2, 0) is 10.2 Å². The number of nitrogens with zero attached hydrogens (tertiary/aromatic N) is 2. The SMILES string of the molecule is CCCC1(CCC)c2cc(N)ccc2-c2ccc(-c3cnc([C@@H]4CCCN4C(=O)C(NC(=O)O)C(C)C)[nH]3)cc21. The average Bonchev–Trinajstić information content (AvgIpc) is 3.65. The number of rotatable bonds is 9. The number of nitrogens with two attached hydrogens (primary N) is 1. The van der Waals surface area contributed by atoms with Crippen LogP contribution in [0.15, 0.2) is 42.6 Å². The van der Waals surface area contributed by atoms with Crippen LogP contribution in [0.4, 0.5) is 10.5 Å². The van der Waals surface area contributed by atoms with Gasteiger partial charge in [0, 0.05) is 17.6 Å². The summed E-state index contributed by atoms with van der Waals surface area (Å²) in [5.74, 6) is 0.384. The molecule has 5 N–H and O–H groups in total. The molecule has 1 saturated heterocycles. The summed E-state index contributed by atoms with van der Waals surface area (Å²) in [6, 6.07) is 12.0. The predicted octanol–water partition coefficient (Wildman–Crippen LogP) is 6.48. The summed E-state index contributed by atoms with van der Waals surface area (Å²) in [5, 5.41) is 11.7. The van der Waals surface area contributed by atoms with Crippen molar-refractivity contribution in [2.45, 2.75) is 83.7 Å². The third-order valence-corrected chi connectivity index (χ3v) is 8.71. The third kappa shape index (κ3) is 4.73. The Kier molecular flexibility index (Phi) is 7.62. The van der Waals surface area contributed by atoms with Gasteiger partial charge in [-0.25, -0.2) is 9.78 Å². The Bertz CT molecular complexity index is 1410. The Morgan fingerprint density at radius 1 is 1.12 bits per heavy atom. The first kappa shape index (κ1) is 27.7. The molecule has 1 aromatic heterocycles. The minimum absolute atomic E-state index is 0.0694. The van der Waals surface area contributed by atoms with Gasteiger partial charge in [0.1, 0.15) is 11.9 Å². The van der Waals surface area contributed by atoms with Gasteiger partial charge >= 0.3 is 6.09 Å². The first-order valence-corrected chi connectivity index (χ1v) is 14.6.